The lowest BCUT2D eigenvalue weighted by Gasteiger charge is -2.26. The Labute approximate surface area is 110 Å². The monoisotopic (exact) mass is 257 g/mol. The minimum atomic E-state index is 0.0363. The zero-order valence-electron chi connectivity index (χ0n) is 11.7. The van der Waals surface area contributed by atoms with E-state index in [9.17, 15) is 4.79 Å². The van der Waals surface area contributed by atoms with Crippen molar-refractivity contribution >= 4 is 6.03 Å². The maximum Gasteiger partial charge on any atom is 0.317 e. The van der Waals surface area contributed by atoms with Gasteiger partial charge in [0, 0.05) is 32.8 Å². The molecule has 5 nitrogen and oxygen atoms in total. The number of nitrogens with one attached hydrogen (secondary N) is 2. The quantitative estimate of drug-likeness (QED) is 0.642. The molecular weight excluding hydrogens is 230 g/mol. The maximum atomic E-state index is 12.0. The number of ether oxygens (including phenoxy) is 1. The third-order valence-electron chi connectivity index (χ3n) is 3.26. The number of hydrogen-bond acceptors (Lipinski definition) is 3. The van der Waals surface area contributed by atoms with Crippen LogP contribution in [0.25, 0.3) is 0 Å². The Morgan fingerprint density at radius 3 is 3.00 bits per heavy atom. The first kappa shape index (κ1) is 15.2. The lowest BCUT2D eigenvalue weighted by molar-refractivity contribution is 0.145. The summed E-state index contributed by atoms with van der Waals surface area (Å²) in [5, 5.41) is 6.39. The number of amides is 2. The second kappa shape index (κ2) is 9.16. The van der Waals surface area contributed by atoms with Crippen LogP contribution >= 0.6 is 0 Å². The third-order valence-corrected chi connectivity index (χ3v) is 3.26. The molecule has 1 heterocycles. The first-order chi connectivity index (χ1) is 8.77. The summed E-state index contributed by atoms with van der Waals surface area (Å²) in [6.45, 7) is 5.98. The Balaban J connectivity index is 2.34. The fourth-order valence-corrected chi connectivity index (χ4v) is 2.14. The number of carbonyl (C=O) groups excluding carboxylic acids is 1. The van der Waals surface area contributed by atoms with E-state index in [1.165, 1.54) is 6.42 Å². The van der Waals surface area contributed by atoms with Crippen molar-refractivity contribution in [1.82, 2.24) is 15.5 Å². The van der Waals surface area contributed by atoms with Crippen molar-refractivity contribution in [2.24, 2.45) is 0 Å². The van der Waals surface area contributed by atoms with Crippen molar-refractivity contribution < 1.29 is 9.53 Å². The van der Waals surface area contributed by atoms with E-state index in [1.807, 2.05) is 4.90 Å². The molecule has 0 spiro atoms. The van der Waals surface area contributed by atoms with Gasteiger partial charge in [0.25, 0.3) is 0 Å². The maximum absolute atomic E-state index is 12.0. The van der Waals surface area contributed by atoms with E-state index in [0.717, 1.165) is 38.9 Å². The van der Waals surface area contributed by atoms with E-state index in [-0.39, 0.29) is 6.03 Å². The number of carbonyl (C=O) groups is 1. The van der Waals surface area contributed by atoms with Crippen LogP contribution in [0.5, 0.6) is 0 Å². The number of rotatable bonds is 8. The van der Waals surface area contributed by atoms with Crippen LogP contribution in [0, 0.1) is 0 Å². The zero-order chi connectivity index (χ0) is 13.2. The summed E-state index contributed by atoms with van der Waals surface area (Å²) in [5.74, 6) is 0. The predicted octanol–water partition coefficient (Wildman–Crippen LogP) is 1.20. The normalized spacial score (nSPS) is 18.9. The third kappa shape index (κ3) is 5.69. The molecule has 0 aromatic rings. The molecule has 2 amide bonds. The molecule has 1 fully saturated rings. The first-order valence-electron chi connectivity index (χ1n) is 7.03. The van der Waals surface area contributed by atoms with Crippen LogP contribution in [0.15, 0.2) is 0 Å². The molecule has 1 aliphatic rings. The van der Waals surface area contributed by atoms with Gasteiger partial charge in [-0.1, -0.05) is 13.3 Å². The summed E-state index contributed by atoms with van der Waals surface area (Å²) in [6, 6.07) is 0.480. The van der Waals surface area contributed by atoms with Gasteiger partial charge in [0.2, 0.25) is 0 Å². The van der Waals surface area contributed by atoms with E-state index in [4.69, 9.17) is 4.74 Å². The van der Waals surface area contributed by atoms with Crippen molar-refractivity contribution in [2.45, 2.75) is 38.6 Å². The number of methoxy groups -OCH3 is 1. The molecular formula is C13H27N3O2. The van der Waals surface area contributed by atoms with Gasteiger partial charge in [0.05, 0.1) is 6.61 Å². The zero-order valence-corrected chi connectivity index (χ0v) is 11.7. The molecule has 0 bridgehead atoms. The molecule has 1 rings (SSSR count). The standard InChI is InChI=1S/C13H27N3O2/c1-3-4-7-15-13(17)16(9-10-18-2)11-12-6-5-8-14-12/h12,14H,3-11H2,1-2H3,(H,15,17). The van der Waals surface area contributed by atoms with E-state index in [2.05, 4.69) is 17.6 Å². The van der Waals surface area contributed by atoms with Crippen molar-refractivity contribution in [3.05, 3.63) is 0 Å². The molecule has 0 saturated carbocycles. The molecule has 5 heteroatoms. The SMILES string of the molecule is CCCCNC(=O)N(CCOC)CC1CCCN1. The van der Waals surface area contributed by atoms with E-state index in [1.54, 1.807) is 7.11 Å². The van der Waals surface area contributed by atoms with Crippen molar-refractivity contribution in [3.63, 3.8) is 0 Å². The highest BCUT2D eigenvalue weighted by molar-refractivity contribution is 5.74. The average Bonchev–Trinajstić information content (AvgIpc) is 2.87. The molecule has 1 saturated heterocycles. The molecule has 0 aromatic carbocycles. The summed E-state index contributed by atoms with van der Waals surface area (Å²) in [5.41, 5.74) is 0. The minimum absolute atomic E-state index is 0.0363. The molecule has 0 aliphatic carbocycles. The smallest absolute Gasteiger partial charge is 0.317 e. The van der Waals surface area contributed by atoms with Gasteiger partial charge in [0.15, 0.2) is 0 Å². The lowest BCUT2D eigenvalue weighted by atomic mass is 10.2. The van der Waals surface area contributed by atoms with Crippen LogP contribution in [-0.2, 0) is 4.74 Å². The fraction of sp³-hybridized carbons (Fsp3) is 0.923. The van der Waals surface area contributed by atoms with E-state index >= 15 is 0 Å². The Hall–Kier alpha value is -0.810. The second-order valence-electron chi connectivity index (χ2n) is 4.82. The largest absolute Gasteiger partial charge is 0.383 e. The first-order valence-corrected chi connectivity index (χ1v) is 7.03. The summed E-state index contributed by atoms with van der Waals surface area (Å²) >= 11 is 0. The van der Waals surface area contributed by atoms with Crippen molar-refractivity contribution in [1.29, 1.82) is 0 Å². The minimum Gasteiger partial charge on any atom is -0.383 e. The highest BCUT2D eigenvalue weighted by Gasteiger charge is 2.20. The summed E-state index contributed by atoms with van der Waals surface area (Å²) in [6.07, 6.45) is 4.50. The van der Waals surface area contributed by atoms with Gasteiger partial charge in [-0.15, -0.1) is 0 Å². The van der Waals surface area contributed by atoms with Gasteiger partial charge in [-0.05, 0) is 25.8 Å². The van der Waals surface area contributed by atoms with Gasteiger partial charge >= 0.3 is 6.03 Å². The Kier molecular flexibility index (Phi) is 7.76. The number of hydrogen-bond donors (Lipinski definition) is 2. The Bertz CT molecular complexity index is 230. The molecule has 0 aromatic heterocycles. The fourth-order valence-electron chi connectivity index (χ4n) is 2.14. The van der Waals surface area contributed by atoms with Crippen LogP contribution in [0.3, 0.4) is 0 Å². The number of nitrogens with zero attached hydrogens (tertiary/aromatic N) is 1. The van der Waals surface area contributed by atoms with Gasteiger partial charge in [0.1, 0.15) is 0 Å². The van der Waals surface area contributed by atoms with Crippen molar-refractivity contribution in [3.8, 4) is 0 Å². The molecule has 1 aliphatic heterocycles. The molecule has 2 N–H and O–H groups in total. The number of unbranched alkanes of at least 4 members (excludes halogenated alkanes) is 1. The van der Waals surface area contributed by atoms with Crippen LogP contribution in [0.1, 0.15) is 32.6 Å². The number of urea groups is 1. The van der Waals surface area contributed by atoms with Crippen LogP contribution in [0.4, 0.5) is 4.79 Å². The summed E-state index contributed by atoms with van der Waals surface area (Å²) in [7, 11) is 1.67. The Morgan fingerprint density at radius 2 is 2.39 bits per heavy atom. The van der Waals surface area contributed by atoms with Gasteiger partial charge in [-0.3, -0.25) is 0 Å². The summed E-state index contributed by atoms with van der Waals surface area (Å²) < 4.78 is 5.07. The highest BCUT2D eigenvalue weighted by atomic mass is 16.5. The van der Waals surface area contributed by atoms with E-state index < -0.39 is 0 Å². The molecule has 18 heavy (non-hydrogen) atoms. The van der Waals surface area contributed by atoms with E-state index in [0.29, 0.717) is 19.2 Å². The highest BCUT2D eigenvalue weighted by Crippen LogP contribution is 2.07. The Morgan fingerprint density at radius 1 is 1.56 bits per heavy atom. The summed E-state index contributed by atoms with van der Waals surface area (Å²) in [4.78, 5) is 13.9. The molecule has 1 unspecified atom stereocenters. The van der Waals surface area contributed by atoms with Gasteiger partial charge in [-0.2, -0.15) is 0 Å². The molecule has 1 atom stereocenters. The van der Waals surface area contributed by atoms with Crippen LogP contribution in [-0.4, -0.2) is 56.9 Å². The van der Waals surface area contributed by atoms with Crippen LogP contribution < -0.4 is 10.6 Å². The van der Waals surface area contributed by atoms with Crippen LogP contribution in [0.2, 0.25) is 0 Å². The predicted molar refractivity (Wildman–Crippen MR) is 72.8 cm³/mol. The topological polar surface area (TPSA) is 53.6 Å². The average molecular weight is 257 g/mol. The molecule has 0 radical (unpaired) electrons. The lowest BCUT2D eigenvalue weighted by Crippen LogP contribution is -2.47. The van der Waals surface area contributed by atoms with Gasteiger partial charge < -0.3 is 20.3 Å². The van der Waals surface area contributed by atoms with Crippen molar-refractivity contribution in [2.75, 3.05) is 39.9 Å². The van der Waals surface area contributed by atoms with Gasteiger partial charge in [-0.25, -0.2) is 4.79 Å². The second-order valence-corrected chi connectivity index (χ2v) is 4.82. The molecule has 106 valence electrons.